The molecule has 0 aliphatic carbocycles. The number of aryl methyl sites for hydroxylation is 2. The third kappa shape index (κ3) is 1.70. The summed E-state index contributed by atoms with van der Waals surface area (Å²) < 4.78 is 1.60. The summed E-state index contributed by atoms with van der Waals surface area (Å²) >= 11 is 4.27. The van der Waals surface area contributed by atoms with E-state index in [-0.39, 0.29) is 0 Å². The largest absolute Gasteiger partial charge is 0.383 e. The Morgan fingerprint density at radius 3 is 2.67 bits per heavy atom. The summed E-state index contributed by atoms with van der Waals surface area (Å²) in [6.07, 6.45) is 1.74. The molecule has 2 aromatic heterocycles. The highest BCUT2D eigenvalue weighted by atomic mass is 32.1. The van der Waals surface area contributed by atoms with Gasteiger partial charge in [0, 0.05) is 6.20 Å². The lowest BCUT2D eigenvalue weighted by Crippen LogP contribution is -2.04. The van der Waals surface area contributed by atoms with Crippen LogP contribution in [-0.2, 0) is 0 Å². The van der Waals surface area contributed by atoms with Crippen molar-refractivity contribution in [2.45, 2.75) is 18.7 Å². The molecule has 2 rings (SSSR count). The number of nitrogens with zero attached hydrogens (tertiary/aromatic N) is 3. The average molecular weight is 220 g/mol. The molecule has 0 saturated carbocycles. The van der Waals surface area contributed by atoms with Gasteiger partial charge in [0.25, 0.3) is 0 Å². The second-order valence-corrected chi connectivity index (χ2v) is 3.87. The molecular weight excluding hydrogens is 208 g/mol. The van der Waals surface area contributed by atoms with Crippen molar-refractivity contribution in [1.82, 2.24) is 14.8 Å². The number of nitrogen functional groups attached to an aromatic ring is 1. The standard InChI is InChI=1S/C10H12N4S/c1-6-3-4-12-8(5-6)14-10(11)9(15)7(2)13-14/h3-5,15H,11H2,1-2H3. The van der Waals surface area contributed by atoms with Crippen molar-refractivity contribution < 1.29 is 0 Å². The maximum Gasteiger partial charge on any atom is 0.155 e. The number of hydrogen-bond acceptors (Lipinski definition) is 4. The van der Waals surface area contributed by atoms with Gasteiger partial charge in [-0.25, -0.2) is 4.98 Å². The molecule has 4 nitrogen and oxygen atoms in total. The van der Waals surface area contributed by atoms with Crippen LogP contribution in [0.2, 0.25) is 0 Å². The summed E-state index contributed by atoms with van der Waals surface area (Å²) in [6, 6.07) is 3.85. The SMILES string of the molecule is Cc1ccnc(-n2nc(C)c(S)c2N)c1. The molecule has 15 heavy (non-hydrogen) atoms. The molecule has 0 radical (unpaired) electrons. The first-order valence-corrected chi connectivity index (χ1v) is 5.01. The van der Waals surface area contributed by atoms with Gasteiger partial charge in [0.1, 0.15) is 5.82 Å². The van der Waals surface area contributed by atoms with Crippen molar-refractivity contribution in [3.8, 4) is 5.82 Å². The first-order valence-electron chi connectivity index (χ1n) is 4.56. The van der Waals surface area contributed by atoms with Crippen LogP contribution in [0.4, 0.5) is 5.82 Å². The van der Waals surface area contributed by atoms with Crippen molar-refractivity contribution in [3.05, 3.63) is 29.6 Å². The molecule has 0 fully saturated rings. The van der Waals surface area contributed by atoms with Gasteiger partial charge in [-0.15, -0.1) is 12.6 Å². The van der Waals surface area contributed by atoms with Crippen LogP contribution in [0.1, 0.15) is 11.3 Å². The molecule has 2 N–H and O–H groups in total. The van der Waals surface area contributed by atoms with Crippen molar-refractivity contribution in [2.75, 3.05) is 5.73 Å². The summed E-state index contributed by atoms with van der Waals surface area (Å²) in [6.45, 7) is 3.87. The van der Waals surface area contributed by atoms with E-state index < -0.39 is 0 Å². The highest BCUT2D eigenvalue weighted by Crippen LogP contribution is 2.22. The molecule has 2 aromatic rings. The predicted molar refractivity (Wildman–Crippen MR) is 62.5 cm³/mol. The van der Waals surface area contributed by atoms with Gasteiger partial charge in [-0.1, -0.05) is 0 Å². The quantitative estimate of drug-likeness (QED) is 0.720. The van der Waals surface area contributed by atoms with Crippen LogP contribution >= 0.6 is 12.6 Å². The Kier molecular flexibility index (Phi) is 2.40. The van der Waals surface area contributed by atoms with E-state index in [0.717, 1.165) is 17.1 Å². The van der Waals surface area contributed by atoms with Crippen LogP contribution in [-0.4, -0.2) is 14.8 Å². The molecule has 0 spiro atoms. The molecule has 0 amide bonds. The fourth-order valence-corrected chi connectivity index (χ4v) is 1.49. The Bertz CT molecular complexity index is 504. The van der Waals surface area contributed by atoms with Gasteiger partial charge in [0.15, 0.2) is 5.82 Å². The Balaban J connectivity index is 2.59. The van der Waals surface area contributed by atoms with E-state index in [0.29, 0.717) is 10.7 Å². The minimum atomic E-state index is 0.522. The van der Waals surface area contributed by atoms with Crippen LogP contribution in [0.3, 0.4) is 0 Å². The number of rotatable bonds is 1. The predicted octanol–water partition coefficient (Wildman–Crippen LogP) is 1.76. The first kappa shape index (κ1) is 10.0. The second-order valence-electron chi connectivity index (χ2n) is 3.42. The maximum atomic E-state index is 5.87. The highest BCUT2D eigenvalue weighted by molar-refractivity contribution is 7.80. The zero-order chi connectivity index (χ0) is 11.0. The summed E-state index contributed by atoms with van der Waals surface area (Å²) in [5.74, 6) is 1.24. The zero-order valence-electron chi connectivity index (χ0n) is 8.60. The van der Waals surface area contributed by atoms with E-state index in [1.165, 1.54) is 0 Å². The lowest BCUT2D eigenvalue weighted by Gasteiger charge is -2.03. The Morgan fingerprint density at radius 1 is 1.40 bits per heavy atom. The van der Waals surface area contributed by atoms with Gasteiger partial charge in [-0.05, 0) is 31.5 Å². The lowest BCUT2D eigenvalue weighted by atomic mass is 10.3. The molecule has 5 heteroatoms. The Labute approximate surface area is 93.5 Å². The molecule has 0 unspecified atom stereocenters. The Hall–Kier alpha value is -1.49. The summed E-state index contributed by atoms with van der Waals surface area (Å²) in [7, 11) is 0. The first-order chi connectivity index (χ1) is 7.09. The van der Waals surface area contributed by atoms with E-state index in [1.54, 1.807) is 10.9 Å². The minimum absolute atomic E-state index is 0.522. The van der Waals surface area contributed by atoms with Crippen LogP contribution in [0.5, 0.6) is 0 Å². The van der Waals surface area contributed by atoms with Crippen molar-refractivity contribution in [2.24, 2.45) is 0 Å². The lowest BCUT2D eigenvalue weighted by molar-refractivity contribution is 0.840. The van der Waals surface area contributed by atoms with Gasteiger partial charge >= 0.3 is 0 Å². The van der Waals surface area contributed by atoms with Crippen molar-refractivity contribution in [3.63, 3.8) is 0 Å². The van der Waals surface area contributed by atoms with Gasteiger partial charge in [-0.2, -0.15) is 9.78 Å². The number of aromatic nitrogens is 3. The number of hydrogen-bond donors (Lipinski definition) is 2. The second kappa shape index (κ2) is 3.58. The number of pyridine rings is 1. The monoisotopic (exact) mass is 220 g/mol. The number of anilines is 1. The molecule has 78 valence electrons. The zero-order valence-corrected chi connectivity index (χ0v) is 9.49. The molecule has 0 aliphatic heterocycles. The van der Waals surface area contributed by atoms with E-state index in [2.05, 4.69) is 22.7 Å². The third-order valence-corrected chi connectivity index (χ3v) is 2.73. The van der Waals surface area contributed by atoms with Crippen LogP contribution in [0.25, 0.3) is 5.82 Å². The summed E-state index contributed by atoms with van der Waals surface area (Å²) in [4.78, 5) is 4.92. The van der Waals surface area contributed by atoms with Crippen LogP contribution in [0, 0.1) is 13.8 Å². The fraction of sp³-hybridized carbons (Fsp3) is 0.200. The fourth-order valence-electron chi connectivity index (χ4n) is 1.35. The molecule has 0 atom stereocenters. The summed E-state index contributed by atoms with van der Waals surface area (Å²) in [5, 5.41) is 4.27. The van der Waals surface area contributed by atoms with Gasteiger partial charge in [-0.3, -0.25) is 0 Å². The van der Waals surface area contributed by atoms with E-state index in [4.69, 9.17) is 5.73 Å². The van der Waals surface area contributed by atoms with Crippen LogP contribution in [0.15, 0.2) is 23.2 Å². The molecular formula is C10H12N4S. The molecule has 2 heterocycles. The van der Waals surface area contributed by atoms with E-state index in [9.17, 15) is 0 Å². The highest BCUT2D eigenvalue weighted by Gasteiger charge is 2.11. The van der Waals surface area contributed by atoms with Crippen LogP contribution < -0.4 is 5.73 Å². The van der Waals surface area contributed by atoms with Gasteiger partial charge in [0.05, 0.1) is 10.6 Å². The number of thiol groups is 1. The number of nitrogens with two attached hydrogens (primary N) is 1. The van der Waals surface area contributed by atoms with E-state index >= 15 is 0 Å². The smallest absolute Gasteiger partial charge is 0.155 e. The molecule has 0 saturated heterocycles. The topological polar surface area (TPSA) is 56.7 Å². The molecule has 0 aliphatic rings. The molecule has 0 aromatic carbocycles. The van der Waals surface area contributed by atoms with Crippen molar-refractivity contribution in [1.29, 1.82) is 0 Å². The van der Waals surface area contributed by atoms with Gasteiger partial charge in [0.2, 0.25) is 0 Å². The summed E-state index contributed by atoms with van der Waals surface area (Å²) in [5.41, 5.74) is 7.79. The maximum absolute atomic E-state index is 5.87. The average Bonchev–Trinajstić information content (AvgIpc) is 2.46. The minimum Gasteiger partial charge on any atom is -0.383 e. The van der Waals surface area contributed by atoms with Crippen molar-refractivity contribution >= 4 is 18.4 Å². The Morgan fingerprint density at radius 2 is 2.13 bits per heavy atom. The molecule has 0 bridgehead atoms. The normalized spacial score (nSPS) is 10.6. The van der Waals surface area contributed by atoms with Gasteiger partial charge < -0.3 is 5.73 Å². The third-order valence-electron chi connectivity index (χ3n) is 2.18. The van der Waals surface area contributed by atoms with E-state index in [1.807, 2.05) is 26.0 Å².